The fourth-order valence-electron chi connectivity index (χ4n) is 2.60. The Morgan fingerprint density at radius 3 is 2.80 bits per heavy atom. The minimum absolute atomic E-state index is 0.0621. The first-order chi connectivity index (χ1) is 9.66. The first kappa shape index (κ1) is 15.0. The van der Waals surface area contributed by atoms with Crippen LogP contribution in [0.4, 0.5) is 0 Å². The van der Waals surface area contributed by atoms with Gasteiger partial charge >= 0.3 is 0 Å². The van der Waals surface area contributed by atoms with Gasteiger partial charge in [-0.25, -0.2) is 0 Å². The van der Waals surface area contributed by atoms with Crippen LogP contribution < -0.4 is 5.73 Å². The summed E-state index contributed by atoms with van der Waals surface area (Å²) in [6.07, 6.45) is 8.25. The molecule has 0 saturated heterocycles. The highest BCUT2D eigenvalue weighted by Crippen LogP contribution is 2.28. The number of hydrogen-bond donors (Lipinski definition) is 1. The second-order valence-corrected chi connectivity index (χ2v) is 6.64. The summed E-state index contributed by atoms with van der Waals surface area (Å²) in [5, 5.41) is 0. The molecule has 1 aromatic carbocycles. The Bertz CT molecular complexity index is 537. The highest BCUT2D eigenvalue weighted by Gasteiger charge is 2.12. The van der Waals surface area contributed by atoms with Crippen LogP contribution in [0, 0.1) is 0 Å². The van der Waals surface area contributed by atoms with Crippen LogP contribution in [0.1, 0.15) is 43.2 Å². The molecule has 1 aromatic rings. The molecule has 1 aliphatic carbocycles. The van der Waals surface area contributed by atoms with E-state index in [-0.39, 0.29) is 5.75 Å². The molecule has 1 amide bonds. The van der Waals surface area contributed by atoms with Crippen LogP contribution in [-0.4, -0.2) is 15.9 Å². The number of carbonyl (C=O) groups is 1. The van der Waals surface area contributed by atoms with Crippen molar-refractivity contribution in [2.45, 2.75) is 37.9 Å². The molecule has 0 saturated carbocycles. The molecule has 0 unspecified atom stereocenters. The van der Waals surface area contributed by atoms with Gasteiger partial charge in [-0.05, 0) is 42.4 Å². The Morgan fingerprint density at radius 1 is 1.20 bits per heavy atom. The zero-order chi connectivity index (χ0) is 14.4. The maximum Gasteiger partial charge on any atom is 0.230 e. The molecular weight excluding hydrogens is 270 g/mol. The van der Waals surface area contributed by atoms with E-state index < -0.39 is 16.7 Å². The van der Waals surface area contributed by atoms with Gasteiger partial charge in [0, 0.05) is 16.6 Å². The minimum Gasteiger partial charge on any atom is -0.369 e. The molecule has 0 aliphatic heterocycles. The zero-order valence-electron chi connectivity index (χ0n) is 11.6. The second kappa shape index (κ2) is 7.39. The molecule has 4 heteroatoms. The Labute approximate surface area is 122 Å². The van der Waals surface area contributed by atoms with E-state index in [9.17, 15) is 9.00 Å². The summed E-state index contributed by atoms with van der Waals surface area (Å²) < 4.78 is 11.9. The minimum atomic E-state index is -1.22. The average Bonchev–Trinajstić information content (AvgIpc) is 2.67. The molecule has 0 fully saturated rings. The SMILES string of the molecule is NC(=O)C[S@@](=O)Cc1ccccc1C1=CCCCCC1. The molecule has 20 heavy (non-hydrogen) atoms. The Kier molecular flexibility index (Phi) is 5.53. The zero-order valence-corrected chi connectivity index (χ0v) is 12.5. The second-order valence-electron chi connectivity index (χ2n) is 5.18. The smallest absolute Gasteiger partial charge is 0.230 e. The molecule has 2 N–H and O–H groups in total. The highest BCUT2D eigenvalue weighted by molar-refractivity contribution is 7.84. The highest BCUT2D eigenvalue weighted by atomic mass is 32.2. The number of amides is 1. The Morgan fingerprint density at radius 2 is 2.00 bits per heavy atom. The standard InChI is InChI=1S/C16H21NO2S/c17-16(18)12-20(19)11-14-9-5-6-10-15(14)13-7-3-1-2-4-8-13/h5-7,9-10H,1-4,8,11-12H2,(H2,17,18)/t20-/m0/s1. The number of benzene rings is 1. The van der Waals surface area contributed by atoms with Gasteiger partial charge in [0.05, 0.1) is 0 Å². The van der Waals surface area contributed by atoms with Gasteiger partial charge in [0.15, 0.2) is 0 Å². The monoisotopic (exact) mass is 291 g/mol. The third kappa shape index (κ3) is 4.30. The largest absolute Gasteiger partial charge is 0.369 e. The summed E-state index contributed by atoms with van der Waals surface area (Å²) in [4.78, 5) is 10.8. The van der Waals surface area contributed by atoms with Gasteiger partial charge in [-0.1, -0.05) is 36.8 Å². The summed E-state index contributed by atoms with van der Waals surface area (Å²) in [5.41, 5.74) is 8.70. The maximum absolute atomic E-state index is 11.9. The van der Waals surface area contributed by atoms with E-state index >= 15 is 0 Å². The van der Waals surface area contributed by atoms with Crippen LogP contribution in [0.2, 0.25) is 0 Å². The Balaban J connectivity index is 2.19. The molecule has 0 radical (unpaired) electrons. The first-order valence-corrected chi connectivity index (χ1v) is 8.56. The van der Waals surface area contributed by atoms with Crippen LogP contribution in [0.5, 0.6) is 0 Å². The number of nitrogens with two attached hydrogens (primary N) is 1. The van der Waals surface area contributed by atoms with Crippen LogP contribution in [0.15, 0.2) is 30.3 Å². The Hall–Kier alpha value is -1.42. The van der Waals surface area contributed by atoms with E-state index in [0.29, 0.717) is 5.75 Å². The lowest BCUT2D eigenvalue weighted by Gasteiger charge is -2.12. The quantitative estimate of drug-likeness (QED) is 0.906. The number of carbonyl (C=O) groups excluding carboxylic acids is 1. The van der Waals surface area contributed by atoms with Crippen molar-refractivity contribution in [3.63, 3.8) is 0 Å². The van der Waals surface area contributed by atoms with Gasteiger partial charge in [-0.2, -0.15) is 0 Å². The van der Waals surface area contributed by atoms with Crippen molar-refractivity contribution < 1.29 is 9.00 Å². The molecule has 0 bridgehead atoms. The van der Waals surface area contributed by atoms with E-state index in [1.165, 1.54) is 30.4 Å². The van der Waals surface area contributed by atoms with Gasteiger partial charge in [0.1, 0.15) is 5.75 Å². The lowest BCUT2D eigenvalue weighted by Crippen LogP contribution is -2.20. The van der Waals surface area contributed by atoms with E-state index in [4.69, 9.17) is 5.73 Å². The van der Waals surface area contributed by atoms with Crippen LogP contribution in [0.25, 0.3) is 5.57 Å². The molecule has 0 heterocycles. The number of allylic oxidation sites excluding steroid dienone is 2. The van der Waals surface area contributed by atoms with Crippen molar-refractivity contribution >= 4 is 22.3 Å². The van der Waals surface area contributed by atoms with Crippen LogP contribution in [-0.2, 0) is 21.3 Å². The van der Waals surface area contributed by atoms with Crippen molar-refractivity contribution in [2.75, 3.05) is 5.75 Å². The molecule has 1 atom stereocenters. The normalized spacial score (nSPS) is 17.1. The van der Waals surface area contributed by atoms with Crippen LogP contribution in [0.3, 0.4) is 0 Å². The number of rotatable bonds is 5. The van der Waals surface area contributed by atoms with E-state index in [1.807, 2.05) is 18.2 Å². The maximum atomic E-state index is 11.9. The molecular formula is C16H21NO2S. The van der Waals surface area contributed by atoms with Crippen molar-refractivity contribution in [1.82, 2.24) is 0 Å². The van der Waals surface area contributed by atoms with Crippen molar-refractivity contribution in [3.05, 3.63) is 41.5 Å². The summed E-state index contributed by atoms with van der Waals surface area (Å²) in [7, 11) is -1.22. The van der Waals surface area contributed by atoms with Gasteiger partial charge in [0.2, 0.25) is 5.91 Å². The van der Waals surface area contributed by atoms with Crippen molar-refractivity contribution in [2.24, 2.45) is 5.73 Å². The fourth-order valence-corrected chi connectivity index (χ4v) is 3.62. The lowest BCUT2D eigenvalue weighted by molar-refractivity contribution is -0.115. The average molecular weight is 291 g/mol. The molecule has 2 rings (SSSR count). The fraction of sp³-hybridized carbons (Fsp3) is 0.438. The van der Waals surface area contributed by atoms with E-state index in [2.05, 4.69) is 12.1 Å². The topological polar surface area (TPSA) is 60.2 Å². The molecule has 0 aromatic heterocycles. The summed E-state index contributed by atoms with van der Waals surface area (Å²) in [6.45, 7) is 0. The van der Waals surface area contributed by atoms with Gasteiger partial charge in [-0.15, -0.1) is 0 Å². The van der Waals surface area contributed by atoms with Crippen molar-refractivity contribution in [1.29, 1.82) is 0 Å². The van der Waals surface area contributed by atoms with Gasteiger partial charge in [0.25, 0.3) is 0 Å². The van der Waals surface area contributed by atoms with E-state index in [1.54, 1.807) is 0 Å². The molecule has 1 aliphatic rings. The predicted octanol–water partition coefficient (Wildman–Crippen LogP) is 2.77. The van der Waals surface area contributed by atoms with Crippen LogP contribution >= 0.6 is 0 Å². The third-order valence-corrected chi connectivity index (χ3v) is 4.76. The summed E-state index contributed by atoms with van der Waals surface area (Å²) in [5.74, 6) is -0.168. The number of primary amides is 1. The van der Waals surface area contributed by atoms with Gasteiger partial charge < -0.3 is 5.73 Å². The summed E-state index contributed by atoms with van der Waals surface area (Å²) in [6, 6.07) is 8.06. The van der Waals surface area contributed by atoms with Gasteiger partial charge in [-0.3, -0.25) is 9.00 Å². The van der Waals surface area contributed by atoms with E-state index in [0.717, 1.165) is 18.4 Å². The molecule has 108 valence electrons. The first-order valence-electron chi connectivity index (χ1n) is 7.07. The summed E-state index contributed by atoms with van der Waals surface area (Å²) >= 11 is 0. The third-order valence-electron chi connectivity index (χ3n) is 3.52. The predicted molar refractivity (Wildman–Crippen MR) is 83.4 cm³/mol. The lowest BCUT2D eigenvalue weighted by atomic mass is 9.97. The number of hydrogen-bond acceptors (Lipinski definition) is 2. The van der Waals surface area contributed by atoms with Crippen molar-refractivity contribution in [3.8, 4) is 0 Å². The molecule has 3 nitrogen and oxygen atoms in total. The molecule has 0 spiro atoms.